The summed E-state index contributed by atoms with van der Waals surface area (Å²) in [5.74, 6) is -1.54. The number of allylic oxidation sites excluding steroid dienone is 22. The molecule has 0 aromatic rings. The number of ether oxygens (including phenoxy) is 3. The van der Waals surface area contributed by atoms with Crippen molar-refractivity contribution in [1.29, 1.82) is 0 Å². The Bertz CT molecular complexity index is 1820. The molecule has 0 saturated carbocycles. The second-order valence-electron chi connectivity index (χ2n) is 19.4. The standard InChI is InChI=1S/C66H107O11P/c1-4-7-10-13-16-19-22-25-28-31-34-37-40-43-46-49-52-55-64(68)73-59-63(77-66(70)57-54-51-48-45-42-39-36-33-30-27-24-21-18-15-12-9-6-3)61-75-78(71,72)74-60-62(58-67)76-65(69)56-53-50-47-44-41-38-35-32-29-26-23-20-17-14-11-8-5-2/h7-12,16-21,25-30,35-36,38-39,62-63,67H,4-6,13-15,22-24,31-34,37,40-61H2,1-3H3,(H,71,72)/b10-7-,11-8-,12-9-,19-16-,20-17-,21-18-,28-25-,29-26-,30-27-,38-35-,39-36-. The molecule has 0 saturated heterocycles. The fourth-order valence-electron chi connectivity index (χ4n) is 7.59. The molecule has 3 unspecified atom stereocenters. The highest BCUT2D eigenvalue weighted by Gasteiger charge is 2.28. The van der Waals surface area contributed by atoms with E-state index >= 15 is 0 Å². The number of unbranched alkanes of at least 4 members (excludes halogenated alkanes) is 15. The zero-order valence-corrected chi connectivity index (χ0v) is 49.7. The summed E-state index contributed by atoms with van der Waals surface area (Å²) in [6.45, 7) is 4.23. The second-order valence-corrected chi connectivity index (χ2v) is 20.8. The molecule has 442 valence electrons. The van der Waals surface area contributed by atoms with Gasteiger partial charge in [-0.05, 0) is 128 Å². The van der Waals surface area contributed by atoms with E-state index in [0.717, 1.165) is 154 Å². The summed E-state index contributed by atoms with van der Waals surface area (Å²) in [7, 11) is -4.78. The fraction of sp³-hybridized carbons (Fsp3) is 0.621. The largest absolute Gasteiger partial charge is 0.472 e. The number of hydrogen-bond donors (Lipinski definition) is 2. The first-order chi connectivity index (χ1) is 38.2. The number of carbonyl (C=O) groups excluding carboxylic acids is 3. The second kappa shape index (κ2) is 58.8. The van der Waals surface area contributed by atoms with Crippen LogP contribution in [0.15, 0.2) is 134 Å². The lowest BCUT2D eigenvalue weighted by molar-refractivity contribution is -0.161. The average molecular weight is 1110 g/mol. The molecule has 0 bridgehead atoms. The minimum Gasteiger partial charge on any atom is -0.462 e. The molecule has 2 N–H and O–H groups in total. The van der Waals surface area contributed by atoms with Gasteiger partial charge in [0.25, 0.3) is 0 Å². The summed E-state index contributed by atoms with van der Waals surface area (Å²) in [6, 6.07) is 0. The number of aliphatic hydroxyl groups excluding tert-OH is 1. The van der Waals surface area contributed by atoms with Gasteiger partial charge < -0.3 is 24.2 Å². The van der Waals surface area contributed by atoms with Crippen molar-refractivity contribution in [3.05, 3.63) is 134 Å². The van der Waals surface area contributed by atoms with Crippen molar-refractivity contribution < 1.29 is 52.2 Å². The number of phosphoric acid groups is 1. The van der Waals surface area contributed by atoms with Gasteiger partial charge in [-0.2, -0.15) is 0 Å². The van der Waals surface area contributed by atoms with Crippen molar-refractivity contribution in [3.8, 4) is 0 Å². The van der Waals surface area contributed by atoms with Crippen LogP contribution >= 0.6 is 7.82 Å². The number of hydrogen-bond acceptors (Lipinski definition) is 10. The molecule has 0 fully saturated rings. The lowest BCUT2D eigenvalue weighted by atomic mass is 10.1. The molecule has 3 atom stereocenters. The smallest absolute Gasteiger partial charge is 0.462 e. The molecule has 78 heavy (non-hydrogen) atoms. The zero-order chi connectivity index (χ0) is 56.9. The molecular weight excluding hydrogens is 1000 g/mol. The molecule has 0 aromatic heterocycles. The number of aliphatic hydroxyl groups is 1. The molecule has 0 rings (SSSR count). The van der Waals surface area contributed by atoms with Crippen LogP contribution in [0.1, 0.15) is 226 Å². The van der Waals surface area contributed by atoms with Crippen molar-refractivity contribution in [2.75, 3.05) is 26.4 Å². The van der Waals surface area contributed by atoms with Crippen LogP contribution in [0.3, 0.4) is 0 Å². The van der Waals surface area contributed by atoms with Gasteiger partial charge in [0.15, 0.2) is 6.10 Å². The lowest BCUT2D eigenvalue weighted by Crippen LogP contribution is -2.30. The Morgan fingerprint density at radius 1 is 0.359 bits per heavy atom. The van der Waals surface area contributed by atoms with Crippen LogP contribution in [0.5, 0.6) is 0 Å². The highest BCUT2D eigenvalue weighted by atomic mass is 31.2. The van der Waals surface area contributed by atoms with Crippen LogP contribution in [0.4, 0.5) is 0 Å². The summed E-state index contributed by atoms with van der Waals surface area (Å²) >= 11 is 0. The van der Waals surface area contributed by atoms with Crippen molar-refractivity contribution in [2.45, 2.75) is 238 Å². The Morgan fingerprint density at radius 2 is 0.628 bits per heavy atom. The van der Waals surface area contributed by atoms with Gasteiger partial charge in [0.2, 0.25) is 0 Å². The molecule has 0 heterocycles. The minimum atomic E-state index is -4.78. The Balaban J connectivity index is 4.81. The summed E-state index contributed by atoms with van der Waals surface area (Å²) in [4.78, 5) is 48.7. The van der Waals surface area contributed by atoms with Gasteiger partial charge in [-0.15, -0.1) is 0 Å². The molecule has 12 heteroatoms. The molecule has 0 aliphatic heterocycles. The van der Waals surface area contributed by atoms with Crippen molar-refractivity contribution >= 4 is 25.7 Å². The van der Waals surface area contributed by atoms with Gasteiger partial charge in [-0.3, -0.25) is 23.4 Å². The summed E-state index contributed by atoms with van der Waals surface area (Å²) in [5, 5.41) is 9.84. The third-order valence-corrected chi connectivity index (χ3v) is 13.0. The Kier molecular flexibility index (Phi) is 55.5. The maximum atomic E-state index is 12.9. The average Bonchev–Trinajstić information content (AvgIpc) is 3.43. The van der Waals surface area contributed by atoms with E-state index in [1.807, 2.05) is 0 Å². The first-order valence-electron chi connectivity index (χ1n) is 30.1. The van der Waals surface area contributed by atoms with E-state index in [1.165, 1.54) is 12.8 Å². The van der Waals surface area contributed by atoms with Crippen LogP contribution in [-0.2, 0) is 42.2 Å². The van der Waals surface area contributed by atoms with Crippen molar-refractivity contribution in [2.24, 2.45) is 0 Å². The molecule has 0 aliphatic carbocycles. The first-order valence-corrected chi connectivity index (χ1v) is 31.6. The molecule has 0 aliphatic rings. The van der Waals surface area contributed by atoms with Crippen LogP contribution in [0.2, 0.25) is 0 Å². The molecule has 0 amide bonds. The Hall–Kier alpha value is -4.38. The van der Waals surface area contributed by atoms with E-state index in [-0.39, 0.29) is 25.9 Å². The van der Waals surface area contributed by atoms with Gasteiger partial charge >= 0.3 is 25.7 Å². The third kappa shape index (κ3) is 56.3. The van der Waals surface area contributed by atoms with Gasteiger partial charge in [0.1, 0.15) is 12.7 Å². The predicted molar refractivity (Wildman–Crippen MR) is 325 cm³/mol. The van der Waals surface area contributed by atoms with Gasteiger partial charge in [-0.25, -0.2) is 4.57 Å². The van der Waals surface area contributed by atoms with E-state index in [1.54, 1.807) is 0 Å². The number of carbonyl (C=O) groups is 3. The topological polar surface area (TPSA) is 155 Å². The first kappa shape index (κ1) is 73.6. The zero-order valence-electron chi connectivity index (χ0n) is 48.8. The normalized spacial score (nSPS) is 14.3. The van der Waals surface area contributed by atoms with E-state index in [9.17, 15) is 28.9 Å². The molecule has 0 radical (unpaired) electrons. The van der Waals surface area contributed by atoms with Crippen LogP contribution in [0, 0.1) is 0 Å². The number of phosphoric ester groups is 1. The molecular formula is C66H107O11P. The van der Waals surface area contributed by atoms with Crippen molar-refractivity contribution in [1.82, 2.24) is 0 Å². The summed E-state index contributed by atoms with van der Waals surface area (Å²) in [6.07, 6.45) is 74.0. The van der Waals surface area contributed by atoms with Gasteiger partial charge in [0.05, 0.1) is 19.8 Å². The maximum absolute atomic E-state index is 12.9. The lowest BCUT2D eigenvalue weighted by Gasteiger charge is -2.21. The monoisotopic (exact) mass is 1110 g/mol. The third-order valence-electron chi connectivity index (χ3n) is 12.1. The van der Waals surface area contributed by atoms with E-state index in [4.69, 9.17) is 23.3 Å². The van der Waals surface area contributed by atoms with Gasteiger partial charge in [0, 0.05) is 19.3 Å². The van der Waals surface area contributed by atoms with E-state index < -0.39 is 57.8 Å². The molecule has 11 nitrogen and oxygen atoms in total. The fourth-order valence-corrected chi connectivity index (χ4v) is 8.37. The number of esters is 3. The quantitative estimate of drug-likeness (QED) is 0.0197. The predicted octanol–water partition coefficient (Wildman–Crippen LogP) is 18.1. The Morgan fingerprint density at radius 3 is 0.962 bits per heavy atom. The highest BCUT2D eigenvalue weighted by molar-refractivity contribution is 7.47. The van der Waals surface area contributed by atoms with Crippen LogP contribution < -0.4 is 0 Å². The van der Waals surface area contributed by atoms with Crippen LogP contribution in [0.25, 0.3) is 0 Å². The van der Waals surface area contributed by atoms with E-state index in [2.05, 4.69) is 154 Å². The summed E-state index contributed by atoms with van der Waals surface area (Å²) in [5.41, 5.74) is 0. The molecule has 0 spiro atoms. The Labute approximate surface area is 474 Å². The highest BCUT2D eigenvalue weighted by Crippen LogP contribution is 2.43. The summed E-state index contributed by atoms with van der Waals surface area (Å²) < 4.78 is 39.6. The van der Waals surface area contributed by atoms with E-state index in [0.29, 0.717) is 19.3 Å². The molecule has 0 aromatic carbocycles. The SMILES string of the molecule is CC/C=C\C/C=C\C/C=C\C/C=C\CCCCCCC(=O)OC(CO)COP(=O)(O)OCC(COC(=O)CCCCCCCCC/C=C\C/C=C\C/C=C\CC)OC(=O)CCCCCC/C=C\C/C=C\C/C=C\C/C=C\CC. The number of rotatable bonds is 54. The van der Waals surface area contributed by atoms with Crippen molar-refractivity contribution in [3.63, 3.8) is 0 Å². The van der Waals surface area contributed by atoms with Gasteiger partial charge in [-0.1, -0.05) is 212 Å². The maximum Gasteiger partial charge on any atom is 0.472 e. The van der Waals surface area contributed by atoms with Crippen LogP contribution in [-0.4, -0.2) is 66.5 Å². The minimum absolute atomic E-state index is 0.128.